The van der Waals surface area contributed by atoms with Crippen molar-refractivity contribution in [3.05, 3.63) is 78.7 Å². The second-order valence-electron chi connectivity index (χ2n) is 7.92. The van der Waals surface area contributed by atoms with Crippen molar-refractivity contribution < 1.29 is 13.9 Å². The third kappa shape index (κ3) is 4.88. The smallest absolute Gasteiger partial charge is 0.338 e. The number of allylic oxidation sites excluding steroid dienone is 1. The minimum atomic E-state index is -0.619. The fourth-order valence-electron chi connectivity index (χ4n) is 4.15. The molecule has 1 aliphatic heterocycles. The van der Waals surface area contributed by atoms with Crippen molar-refractivity contribution in [2.75, 3.05) is 30.9 Å². The van der Waals surface area contributed by atoms with Crippen LogP contribution in [-0.2, 0) is 9.53 Å². The van der Waals surface area contributed by atoms with Crippen LogP contribution in [0, 0.1) is 0 Å². The third-order valence-corrected chi connectivity index (χ3v) is 7.64. The van der Waals surface area contributed by atoms with Gasteiger partial charge in [0.2, 0.25) is 0 Å². The van der Waals surface area contributed by atoms with Crippen LogP contribution in [-0.4, -0.2) is 36.5 Å². The molecule has 0 radical (unpaired) electrons. The van der Waals surface area contributed by atoms with Crippen molar-refractivity contribution >= 4 is 41.0 Å². The van der Waals surface area contributed by atoms with Gasteiger partial charge in [0.15, 0.2) is 10.7 Å². The number of fused-ring (bicyclic) bond motifs is 1. The quantitative estimate of drug-likeness (QED) is 0.337. The summed E-state index contributed by atoms with van der Waals surface area (Å²) in [4.78, 5) is 35.0. The van der Waals surface area contributed by atoms with Gasteiger partial charge in [-0.1, -0.05) is 23.5 Å². The van der Waals surface area contributed by atoms with E-state index in [0.717, 1.165) is 29.4 Å². The number of anilines is 1. The molecule has 184 valence electrons. The normalized spacial score (nSPS) is 15.7. The number of thioether (sulfide) groups is 1. The predicted octanol–water partition coefficient (Wildman–Crippen LogP) is 3.96. The van der Waals surface area contributed by atoms with Crippen LogP contribution in [0.1, 0.15) is 45.1 Å². The van der Waals surface area contributed by atoms with Gasteiger partial charge in [0, 0.05) is 30.1 Å². The van der Waals surface area contributed by atoms with Crippen molar-refractivity contribution in [1.29, 1.82) is 0 Å². The molecule has 1 aliphatic rings. The first-order valence-corrected chi connectivity index (χ1v) is 13.6. The lowest BCUT2D eigenvalue weighted by atomic mass is 9.96. The number of furan rings is 1. The molecule has 3 heterocycles. The standard InChI is InChI=1S/C26H29N3O4S2/c1-6-28(7-2)21-14-11-18(33-21)15-20-24(30)29-23(17-9-12-19(34-5)13-10-17)22(25(31)32-8-3)16(4)27-26(29)35-20/h9-15,23H,6-8H2,1-5H3/b20-15-/t23-/m1/s1. The van der Waals surface area contributed by atoms with Crippen LogP contribution in [0.15, 0.2) is 66.8 Å². The Morgan fingerprint density at radius 1 is 1.20 bits per heavy atom. The van der Waals surface area contributed by atoms with Crippen LogP contribution in [0.4, 0.5) is 5.88 Å². The van der Waals surface area contributed by atoms with Gasteiger partial charge in [-0.3, -0.25) is 9.36 Å². The summed E-state index contributed by atoms with van der Waals surface area (Å²) in [5.41, 5.74) is 1.54. The molecule has 1 aromatic carbocycles. The third-order valence-electron chi connectivity index (χ3n) is 5.91. The molecule has 0 spiro atoms. The lowest BCUT2D eigenvalue weighted by Crippen LogP contribution is -2.39. The molecule has 0 unspecified atom stereocenters. The highest BCUT2D eigenvalue weighted by atomic mass is 32.2. The molecule has 7 nitrogen and oxygen atoms in total. The molecule has 0 fully saturated rings. The maximum atomic E-state index is 13.7. The lowest BCUT2D eigenvalue weighted by molar-refractivity contribution is -0.139. The largest absolute Gasteiger partial charge is 0.463 e. The number of hydrogen-bond acceptors (Lipinski definition) is 8. The number of ether oxygens (including phenoxy) is 1. The SMILES string of the molecule is CCOC(=O)C1=C(C)N=c2s/c(=C\c3ccc(N(CC)CC)o3)c(=O)n2[C@@H]1c1ccc(SC)cc1. The number of nitrogens with zero attached hydrogens (tertiary/aromatic N) is 3. The molecule has 0 aliphatic carbocycles. The Kier molecular flexibility index (Phi) is 7.66. The summed E-state index contributed by atoms with van der Waals surface area (Å²) in [7, 11) is 0. The van der Waals surface area contributed by atoms with Gasteiger partial charge < -0.3 is 14.1 Å². The van der Waals surface area contributed by atoms with Crippen molar-refractivity contribution in [3.8, 4) is 0 Å². The molecular formula is C26H29N3O4S2. The van der Waals surface area contributed by atoms with E-state index in [4.69, 9.17) is 9.15 Å². The Bertz CT molecular complexity index is 1430. The summed E-state index contributed by atoms with van der Waals surface area (Å²) in [5.74, 6) is 0.900. The summed E-state index contributed by atoms with van der Waals surface area (Å²) < 4.78 is 13.4. The van der Waals surface area contributed by atoms with E-state index >= 15 is 0 Å². The van der Waals surface area contributed by atoms with Gasteiger partial charge in [-0.25, -0.2) is 9.79 Å². The number of carbonyl (C=O) groups excluding carboxylic acids is 1. The van der Waals surface area contributed by atoms with Gasteiger partial charge >= 0.3 is 5.97 Å². The summed E-state index contributed by atoms with van der Waals surface area (Å²) in [5, 5.41) is 0. The van der Waals surface area contributed by atoms with Crippen molar-refractivity contribution in [1.82, 2.24) is 4.57 Å². The van der Waals surface area contributed by atoms with Gasteiger partial charge in [0.1, 0.15) is 5.76 Å². The van der Waals surface area contributed by atoms with Crippen LogP contribution in [0.2, 0.25) is 0 Å². The number of carbonyl (C=O) groups is 1. The zero-order chi connectivity index (χ0) is 25.1. The Morgan fingerprint density at radius 3 is 2.54 bits per heavy atom. The maximum absolute atomic E-state index is 13.7. The first kappa shape index (κ1) is 25.1. The zero-order valence-electron chi connectivity index (χ0n) is 20.5. The van der Waals surface area contributed by atoms with E-state index in [-0.39, 0.29) is 12.2 Å². The fourth-order valence-corrected chi connectivity index (χ4v) is 5.58. The summed E-state index contributed by atoms with van der Waals surface area (Å²) >= 11 is 2.92. The Hall–Kier alpha value is -3.04. The van der Waals surface area contributed by atoms with Crippen molar-refractivity contribution in [2.45, 2.75) is 38.6 Å². The molecule has 0 bridgehead atoms. The topological polar surface area (TPSA) is 77.0 Å². The molecule has 0 saturated carbocycles. The molecule has 2 aromatic heterocycles. The van der Waals surface area contributed by atoms with E-state index < -0.39 is 12.0 Å². The zero-order valence-corrected chi connectivity index (χ0v) is 22.2. The second kappa shape index (κ2) is 10.7. The van der Waals surface area contributed by atoms with Crippen LogP contribution in [0.3, 0.4) is 0 Å². The average Bonchev–Trinajstić information content (AvgIpc) is 3.43. The average molecular weight is 512 g/mol. The molecule has 3 aromatic rings. The second-order valence-corrected chi connectivity index (χ2v) is 9.81. The molecule has 0 amide bonds. The predicted molar refractivity (Wildman–Crippen MR) is 141 cm³/mol. The number of esters is 1. The van der Waals surface area contributed by atoms with Gasteiger partial charge in [-0.2, -0.15) is 0 Å². The monoisotopic (exact) mass is 511 g/mol. The summed E-state index contributed by atoms with van der Waals surface area (Å²) in [6.07, 6.45) is 3.75. The molecular weight excluding hydrogens is 482 g/mol. The van der Waals surface area contributed by atoms with E-state index in [1.54, 1.807) is 36.3 Å². The molecule has 1 atom stereocenters. The van der Waals surface area contributed by atoms with Gasteiger partial charge in [0.05, 0.1) is 28.5 Å². The lowest BCUT2D eigenvalue weighted by Gasteiger charge is -2.24. The highest BCUT2D eigenvalue weighted by Crippen LogP contribution is 2.31. The van der Waals surface area contributed by atoms with E-state index in [1.807, 2.05) is 42.7 Å². The van der Waals surface area contributed by atoms with E-state index in [9.17, 15) is 9.59 Å². The molecule has 0 saturated heterocycles. The fraction of sp³-hybridized carbons (Fsp3) is 0.346. The highest BCUT2D eigenvalue weighted by molar-refractivity contribution is 7.98. The first-order valence-electron chi connectivity index (χ1n) is 11.6. The molecule has 0 N–H and O–H groups in total. The Morgan fingerprint density at radius 2 is 1.91 bits per heavy atom. The van der Waals surface area contributed by atoms with Crippen LogP contribution >= 0.6 is 23.1 Å². The molecule has 9 heteroatoms. The first-order chi connectivity index (χ1) is 16.9. The molecule has 4 rings (SSSR count). The highest BCUT2D eigenvalue weighted by Gasteiger charge is 2.33. The Balaban J connectivity index is 1.87. The van der Waals surface area contributed by atoms with Crippen LogP contribution in [0.25, 0.3) is 6.08 Å². The molecule has 35 heavy (non-hydrogen) atoms. The van der Waals surface area contributed by atoms with Crippen molar-refractivity contribution in [2.24, 2.45) is 4.99 Å². The minimum absolute atomic E-state index is 0.220. The van der Waals surface area contributed by atoms with Crippen LogP contribution < -0.4 is 19.8 Å². The Labute approximate surface area is 212 Å². The number of rotatable bonds is 8. The minimum Gasteiger partial charge on any atom is -0.463 e. The number of benzene rings is 1. The van der Waals surface area contributed by atoms with E-state index in [0.29, 0.717) is 26.4 Å². The van der Waals surface area contributed by atoms with Gasteiger partial charge in [0.25, 0.3) is 5.56 Å². The van der Waals surface area contributed by atoms with Crippen molar-refractivity contribution in [3.63, 3.8) is 0 Å². The van der Waals surface area contributed by atoms with Gasteiger partial charge in [-0.05, 0) is 57.7 Å². The van der Waals surface area contributed by atoms with Crippen LogP contribution in [0.5, 0.6) is 0 Å². The van der Waals surface area contributed by atoms with E-state index in [1.165, 1.54) is 11.3 Å². The summed E-state index contributed by atoms with van der Waals surface area (Å²) in [6.45, 7) is 9.59. The number of thiazole rings is 1. The van der Waals surface area contributed by atoms with E-state index in [2.05, 4.69) is 23.7 Å². The number of hydrogen-bond donors (Lipinski definition) is 0. The maximum Gasteiger partial charge on any atom is 0.338 e. The summed E-state index contributed by atoms with van der Waals surface area (Å²) in [6, 6.07) is 11.0. The number of aromatic nitrogens is 1. The van der Waals surface area contributed by atoms with Gasteiger partial charge in [-0.15, -0.1) is 11.8 Å².